The summed E-state index contributed by atoms with van der Waals surface area (Å²) in [5.74, 6) is 0.940. The van der Waals surface area contributed by atoms with Crippen LogP contribution >= 0.6 is 0 Å². The fourth-order valence-corrected chi connectivity index (χ4v) is 3.57. The van der Waals surface area contributed by atoms with Crippen molar-refractivity contribution in [2.45, 2.75) is 37.5 Å². The van der Waals surface area contributed by atoms with E-state index in [-0.39, 0.29) is 18.2 Å². The van der Waals surface area contributed by atoms with Crippen molar-refractivity contribution in [3.05, 3.63) is 59.7 Å². The molecule has 2 heterocycles. The van der Waals surface area contributed by atoms with Gasteiger partial charge in [-0.25, -0.2) is 10.9 Å². The summed E-state index contributed by atoms with van der Waals surface area (Å²) in [5.41, 5.74) is 15.8. The van der Waals surface area contributed by atoms with Gasteiger partial charge < -0.3 is 15.2 Å². The van der Waals surface area contributed by atoms with Crippen molar-refractivity contribution in [2.75, 3.05) is 18.9 Å². The third-order valence-corrected chi connectivity index (χ3v) is 4.99. The van der Waals surface area contributed by atoms with E-state index in [4.69, 9.17) is 15.2 Å². The van der Waals surface area contributed by atoms with Crippen LogP contribution in [0.4, 0.5) is 5.69 Å². The lowest BCUT2D eigenvalue weighted by Crippen LogP contribution is -2.27. The molecule has 0 spiro atoms. The zero-order valence-corrected chi connectivity index (χ0v) is 14.3. The van der Waals surface area contributed by atoms with E-state index in [0.717, 1.165) is 37.3 Å². The quantitative estimate of drug-likeness (QED) is 0.730. The molecule has 5 heteroatoms. The van der Waals surface area contributed by atoms with Crippen LogP contribution in [0.3, 0.4) is 0 Å². The molecule has 4 N–H and O–H groups in total. The van der Waals surface area contributed by atoms with Gasteiger partial charge in [0.25, 0.3) is 0 Å². The Bertz CT molecular complexity index is 698. The topological polar surface area (TPSA) is 68.5 Å². The minimum absolute atomic E-state index is 0.211. The van der Waals surface area contributed by atoms with Crippen molar-refractivity contribution in [3.63, 3.8) is 0 Å². The molecular weight excluding hydrogens is 314 g/mol. The maximum atomic E-state index is 6.08. The number of nitrogens with two attached hydrogens (primary N) is 1. The molecule has 2 aromatic carbocycles. The van der Waals surface area contributed by atoms with Crippen LogP contribution in [0.2, 0.25) is 0 Å². The van der Waals surface area contributed by atoms with Gasteiger partial charge in [-0.3, -0.25) is 0 Å². The van der Waals surface area contributed by atoms with Crippen LogP contribution in [0.25, 0.3) is 0 Å². The van der Waals surface area contributed by atoms with Gasteiger partial charge in [-0.15, -0.1) is 0 Å². The number of hydrazine groups is 1. The molecule has 132 valence electrons. The van der Waals surface area contributed by atoms with Gasteiger partial charge in [0.1, 0.15) is 12.4 Å². The summed E-state index contributed by atoms with van der Waals surface area (Å²) in [6.07, 6.45) is 3.41. The second-order valence-corrected chi connectivity index (χ2v) is 6.78. The van der Waals surface area contributed by atoms with Crippen molar-refractivity contribution in [1.29, 1.82) is 0 Å². The second-order valence-electron chi connectivity index (χ2n) is 6.78. The maximum Gasteiger partial charge on any atom is 0.124 e. The molecular formula is C20H25N3O2. The Hall–Kier alpha value is -2.08. The predicted molar refractivity (Wildman–Crippen MR) is 98.1 cm³/mol. The molecule has 2 aliphatic rings. The first-order valence-electron chi connectivity index (χ1n) is 8.99. The highest BCUT2D eigenvalue weighted by atomic mass is 16.5. The summed E-state index contributed by atoms with van der Waals surface area (Å²) in [4.78, 5) is 0. The standard InChI is InChI=1S/C20H25N3O2/c21-15-9-7-14(8-10-15)18-12-19(23-22-18)17-5-1-2-6-20(17)25-13-16-4-3-11-24-16/h1-2,5-10,16,18-19,22-23H,3-4,11-13,21H2. The molecule has 2 aliphatic heterocycles. The van der Waals surface area contributed by atoms with Crippen LogP contribution in [0.1, 0.15) is 42.5 Å². The third-order valence-electron chi connectivity index (χ3n) is 4.99. The molecule has 25 heavy (non-hydrogen) atoms. The van der Waals surface area contributed by atoms with Crippen LogP contribution in [-0.2, 0) is 4.74 Å². The Labute approximate surface area is 148 Å². The first-order valence-corrected chi connectivity index (χ1v) is 8.99. The lowest BCUT2D eigenvalue weighted by atomic mass is 9.97. The summed E-state index contributed by atoms with van der Waals surface area (Å²) in [6, 6.07) is 16.8. The van der Waals surface area contributed by atoms with E-state index in [1.54, 1.807) is 0 Å². The zero-order valence-electron chi connectivity index (χ0n) is 14.3. The number of nitrogen functional groups attached to an aromatic ring is 1. The molecule has 2 fully saturated rings. The Morgan fingerprint density at radius 1 is 1.04 bits per heavy atom. The summed E-state index contributed by atoms with van der Waals surface area (Å²) in [7, 11) is 0. The van der Waals surface area contributed by atoms with E-state index in [1.165, 1.54) is 11.1 Å². The van der Waals surface area contributed by atoms with Gasteiger partial charge in [0.15, 0.2) is 0 Å². The molecule has 0 bridgehead atoms. The number of benzene rings is 2. The number of ether oxygens (including phenoxy) is 2. The molecule has 2 aromatic rings. The molecule has 0 amide bonds. The number of para-hydroxylation sites is 1. The van der Waals surface area contributed by atoms with Gasteiger partial charge in [-0.1, -0.05) is 30.3 Å². The second kappa shape index (κ2) is 7.44. The van der Waals surface area contributed by atoms with Crippen LogP contribution in [0.5, 0.6) is 5.75 Å². The van der Waals surface area contributed by atoms with Crippen LogP contribution in [0.15, 0.2) is 48.5 Å². The smallest absolute Gasteiger partial charge is 0.124 e. The number of hydrogen-bond donors (Lipinski definition) is 3. The average Bonchev–Trinajstić information content (AvgIpc) is 3.33. The third kappa shape index (κ3) is 3.79. The van der Waals surface area contributed by atoms with E-state index in [1.807, 2.05) is 24.3 Å². The number of rotatable bonds is 5. The van der Waals surface area contributed by atoms with Gasteiger partial charge >= 0.3 is 0 Å². The molecule has 0 aromatic heterocycles. The largest absolute Gasteiger partial charge is 0.491 e. The SMILES string of the molecule is Nc1ccc(C2CC(c3ccccc3OCC3CCCO3)NN2)cc1. The van der Waals surface area contributed by atoms with Gasteiger partial charge in [0, 0.05) is 23.9 Å². The fraction of sp³-hybridized carbons (Fsp3) is 0.400. The lowest BCUT2D eigenvalue weighted by Gasteiger charge is -2.18. The normalized spacial score (nSPS) is 26.0. The first kappa shape index (κ1) is 16.4. The van der Waals surface area contributed by atoms with Crippen molar-refractivity contribution in [3.8, 4) is 5.75 Å². The molecule has 4 rings (SSSR count). The minimum Gasteiger partial charge on any atom is -0.491 e. The van der Waals surface area contributed by atoms with E-state index < -0.39 is 0 Å². The van der Waals surface area contributed by atoms with E-state index in [2.05, 4.69) is 35.1 Å². The summed E-state index contributed by atoms with van der Waals surface area (Å²) < 4.78 is 11.7. The van der Waals surface area contributed by atoms with Crippen molar-refractivity contribution in [1.82, 2.24) is 10.9 Å². The maximum absolute atomic E-state index is 6.08. The van der Waals surface area contributed by atoms with Crippen LogP contribution < -0.4 is 21.3 Å². The summed E-state index contributed by atoms with van der Waals surface area (Å²) >= 11 is 0. The highest BCUT2D eigenvalue weighted by molar-refractivity contribution is 5.41. The highest BCUT2D eigenvalue weighted by Gasteiger charge is 2.28. The van der Waals surface area contributed by atoms with Gasteiger partial charge in [0.05, 0.1) is 12.1 Å². The van der Waals surface area contributed by atoms with Crippen LogP contribution in [0, 0.1) is 0 Å². The van der Waals surface area contributed by atoms with Gasteiger partial charge in [0.2, 0.25) is 0 Å². The van der Waals surface area contributed by atoms with Crippen molar-refractivity contribution in [2.24, 2.45) is 0 Å². The van der Waals surface area contributed by atoms with Gasteiger partial charge in [-0.2, -0.15) is 0 Å². The Balaban J connectivity index is 1.44. The van der Waals surface area contributed by atoms with Crippen molar-refractivity contribution >= 4 is 5.69 Å². The molecule has 5 nitrogen and oxygen atoms in total. The fourth-order valence-electron chi connectivity index (χ4n) is 3.57. The van der Waals surface area contributed by atoms with E-state index in [9.17, 15) is 0 Å². The average molecular weight is 339 g/mol. The molecule has 3 atom stereocenters. The molecule has 0 aliphatic carbocycles. The predicted octanol–water partition coefficient (Wildman–Crippen LogP) is 3.11. The Morgan fingerprint density at radius 3 is 2.64 bits per heavy atom. The zero-order chi connectivity index (χ0) is 17.1. The lowest BCUT2D eigenvalue weighted by molar-refractivity contribution is 0.0674. The van der Waals surface area contributed by atoms with Crippen molar-refractivity contribution < 1.29 is 9.47 Å². The van der Waals surface area contributed by atoms with E-state index >= 15 is 0 Å². The number of hydrogen-bond acceptors (Lipinski definition) is 5. The number of anilines is 1. The Kier molecular flexibility index (Phi) is 4.88. The molecule has 2 saturated heterocycles. The van der Waals surface area contributed by atoms with Gasteiger partial charge in [-0.05, 0) is 43.0 Å². The minimum atomic E-state index is 0.211. The molecule has 3 unspecified atom stereocenters. The number of nitrogens with one attached hydrogen (secondary N) is 2. The summed E-state index contributed by atoms with van der Waals surface area (Å²) in [6.45, 7) is 1.48. The monoisotopic (exact) mass is 339 g/mol. The Morgan fingerprint density at radius 2 is 1.84 bits per heavy atom. The molecule has 0 radical (unpaired) electrons. The van der Waals surface area contributed by atoms with E-state index in [0.29, 0.717) is 6.61 Å². The highest BCUT2D eigenvalue weighted by Crippen LogP contribution is 2.35. The first-order chi connectivity index (χ1) is 12.3. The summed E-state index contributed by atoms with van der Waals surface area (Å²) in [5, 5.41) is 0. The van der Waals surface area contributed by atoms with Crippen LogP contribution in [-0.4, -0.2) is 19.3 Å². The molecule has 0 saturated carbocycles.